The second-order valence-corrected chi connectivity index (χ2v) is 10.3. The van der Waals surface area contributed by atoms with Crippen LogP contribution in [0.1, 0.15) is 10.4 Å². The van der Waals surface area contributed by atoms with Crippen LogP contribution in [0.4, 0.5) is 0 Å². The van der Waals surface area contributed by atoms with Gasteiger partial charge in [-0.25, -0.2) is 0 Å². The molecular weight excluding hydrogens is 512 g/mol. The maximum Gasteiger partial charge on any atom is 0.283 e. The van der Waals surface area contributed by atoms with Crippen molar-refractivity contribution in [1.82, 2.24) is 9.19 Å². The van der Waals surface area contributed by atoms with Crippen LogP contribution in [0, 0.1) is 0 Å². The Labute approximate surface area is 218 Å². The van der Waals surface area contributed by atoms with Crippen molar-refractivity contribution in [3.8, 4) is 22.8 Å². The van der Waals surface area contributed by atoms with E-state index in [2.05, 4.69) is 5.10 Å². The summed E-state index contributed by atoms with van der Waals surface area (Å²) in [5, 5.41) is 5.02. The molecule has 0 N–H and O–H groups in total. The normalized spacial score (nSPS) is 11.4. The minimum absolute atomic E-state index is 0.000643. The second-order valence-electron chi connectivity index (χ2n) is 8.15. The number of methoxy groups -OCH3 is 1. The zero-order chi connectivity index (χ0) is 26.0. The van der Waals surface area contributed by atoms with Gasteiger partial charge in [0.05, 0.1) is 22.9 Å². The number of halogens is 1. The first-order chi connectivity index (χ1) is 17.9. The van der Waals surface area contributed by atoms with Crippen molar-refractivity contribution in [2.75, 3.05) is 13.7 Å². The lowest BCUT2D eigenvalue weighted by molar-refractivity contribution is 0.0919. The lowest BCUT2D eigenvalue weighted by Gasteiger charge is -2.06. The van der Waals surface area contributed by atoms with E-state index >= 15 is 0 Å². The van der Waals surface area contributed by atoms with Crippen LogP contribution >= 0.6 is 11.6 Å². The fourth-order valence-electron chi connectivity index (χ4n) is 3.86. The Balaban J connectivity index is 1.43. The number of hydrogen-bond acceptors (Lipinski definition) is 6. The van der Waals surface area contributed by atoms with Crippen molar-refractivity contribution < 1.29 is 22.7 Å². The molecule has 37 heavy (non-hydrogen) atoms. The van der Waals surface area contributed by atoms with Crippen molar-refractivity contribution in [3.05, 3.63) is 108 Å². The highest BCUT2D eigenvalue weighted by Gasteiger charge is 2.24. The minimum Gasteiger partial charge on any atom is -0.497 e. The molecular formula is C28H21ClN2O5S. The highest BCUT2D eigenvalue weighted by atomic mass is 35.5. The van der Waals surface area contributed by atoms with Gasteiger partial charge in [-0.05, 0) is 53.6 Å². The quantitative estimate of drug-likeness (QED) is 0.232. The number of hydrogen-bond donors (Lipinski definition) is 0. The van der Waals surface area contributed by atoms with Gasteiger partial charge in [0.15, 0.2) is 12.4 Å². The second kappa shape index (κ2) is 10.1. The molecule has 0 saturated heterocycles. The summed E-state index contributed by atoms with van der Waals surface area (Å²) in [5.74, 6) is 0.218. The van der Waals surface area contributed by atoms with Crippen LogP contribution in [0.25, 0.3) is 22.0 Å². The lowest BCUT2D eigenvalue weighted by Crippen LogP contribution is -2.15. The number of ketones is 1. The molecule has 0 fully saturated rings. The van der Waals surface area contributed by atoms with E-state index in [-0.39, 0.29) is 28.7 Å². The number of carbonyl (C=O) groups excluding carboxylic acids is 1. The molecule has 0 radical (unpaired) electrons. The van der Waals surface area contributed by atoms with Gasteiger partial charge in [0.25, 0.3) is 10.0 Å². The first-order valence-electron chi connectivity index (χ1n) is 11.3. The first kappa shape index (κ1) is 24.5. The van der Waals surface area contributed by atoms with Crippen LogP contribution in [0.15, 0.2) is 102 Å². The summed E-state index contributed by atoms with van der Waals surface area (Å²) in [5.41, 5.74) is 2.79. The van der Waals surface area contributed by atoms with Gasteiger partial charge < -0.3 is 9.47 Å². The Morgan fingerprint density at radius 3 is 2.24 bits per heavy atom. The number of carbonyl (C=O) groups is 1. The molecule has 9 heteroatoms. The molecule has 1 aromatic heterocycles. The van der Waals surface area contributed by atoms with Crippen LogP contribution in [-0.4, -0.2) is 37.1 Å². The summed E-state index contributed by atoms with van der Waals surface area (Å²) >= 11 is 5.92. The monoisotopic (exact) mass is 532 g/mol. The molecule has 5 rings (SSSR count). The van der Waals surface area contributed by atoms with Crippen molar-refractivity contribution in [3.63, 3.8) is 0 Å². The Bertz CT molecular complexity index is 1680. The van der Waals surface area contributed by atoms with Crippen molar-refractivity contribution in [1.29, 1.82) is 0 Å². The maximum absolute atomic E-state index is 13.3. The number of Topliss-reactive ketones (excluding diaryl/α,β-unsaturated/α-hetero) is 1. The van der Waals surface area contributed by atoms with Gasteiger partial charge >= 0.3 is 0 Å². The van der Waals surface area contributed by atoms with Crippen LogP contribution in [0.3, 0.4) is 0 Å². The number of fused-ring (bicyclic) bond motifs is 1. The fraction of sp³-hybridized carbons (Fsp3) is 0.0714. The molecule has 0 spiro atoms. The molecule has 5 aromatic rings. The molecule has 186 valence electrons. The number of ether oxygens (including phenoxy) is 2. The van der Waals surface area contributed by atoms with Gasteiger partial charge in [0, 0.05) is 10.6 Å². The van der Waals surface area contributed by atoms with Gasteiger partial charge in [0.2, 0.25) is 5.88 Å². The molecule has 0 bridgehead atoms. The van der Waals surface area contributed by atoms with Crippen molar-refractivity contribution >= 4 is 38.3 Å². The number of aromatic nitrogens is 2. The summed E-state index contributed by atoms with van der Waals surface area (Å²) in [6.07, 6.45) is 0. The van der Waals surface area contributed by atoms with E-state index in [1.165, 1.54) is 31.4 Å². The first-order valence-corrected chi connectivity index (χ1v) is 13.1. The summed E-state index contributed by atoms with van der Waals surface area (Å²) < 4.78 is 38.6. The van der Waals surface area contributed by atoms with E-state index in [4.69, 9.17) is 21.1 Å². The predicted octanol–water partition coefficient (Wildman–Crippen LogP) is 5.86. The number of rotatable bonds is 8. The molecule has 0 atom stereocenters. The Hall–Kier alpha value is -4.14. The average molecular weight is 533 g/mol. The highest BCUT2D eigenvalue weighted by Crippen LogP contribution is 2.32. The average Bonchev–Trinajstić information content (AvgIpc) is 3.31. The highest BCUT2D eigenvalue weighted by molar-refractivity contribution is 7.90. The summed E-state index contributed by atoms with van der Waals surface area (Å²) in [6, 6.07) is 27.6. The summed E-state index contributed by atoms with van der Waals surface area (Å²) in [4.78, 5) is 12.9. The van der Waals surface area contributed by atoms with Crippen LogP contribution < -0.4 is 9.47 Å². The standard InChI is InChI=1S/C28H21ClN2O5S/c1-35-23-13-16-26-25(17-23)28(30-31(26)37(33,34)24-14-11-22(29)12-15-24)36-18-27(32)21-9-7-20(8-10-21)19-5-3-2-4-6-19/h2-17H,18H2,1H3. The van der Waals surface area contributed by atoms with Crippen molar-refractivity contribution in [2.45, 2.75) is 4.90 Å². The molecule has 0 amide bonds. The van der Waals surface area contributed by atoms with Gasteiger partial charge in [-0.3, -0.25) is 4.79 Å². The lowest BCUT2D eigenvalue weighted by atomic mass is 10.0. The predicted molar refractivity (Wildman–Crippen MR) is 142 cm³/mol. The zero-order valence-corrected chi connectivity index (χ0v) is 21.2. The van der Waals surface area contributed by atoms with E-state index in [9.17, 15) is 13.2 Å². The molecule has 0 saturated carbocycles. The molecule has 0 aliphatic carbocycles. The van der Waals surface area contributed by atoms with Crippen molar-refractivity contribution in [2.24, 2.45) is 0 Å². The molecule has 7 nitrogen and oxygen atoms in total. The third kappa shape index (κ3) is 4.94. The van der Waals surface area contributed by atoms with E-state index < -0.39 is 10.0 Å². The van der Waals surface area contributed by atoms with E-state index in [0.29, 0.717) is 21.7 Å². The molecule has 4 aromatic carbocycles. The summed E-state index contributed by atoms with van der Waals surface area (Å²) in [7, 11) is -2.56. The Morgan fingerprint density at radius 2 is 1.57 bits per heavy atom. The SMILES string of the molecule is COc1ccc2c(c1)c(OCC(=O)c1ccc(-c3ccccc3)cc1)nn2S(=O)(=O)c1ccc(Cl)cc1. The topological polar surface area (TPSA) is 87.5 Å². The molecule has 0 aliphatic heterocycles. The largest absolute Gasteiger partial charge is 0.497 e. The zero-order valence-electron chi connectivity index (χ0n) is 19.7. The number of benzene rings is 4. The van der Waals surface area contributed by atoms with Crippen LogP contribution in [-0.2, 0) is 10.0 Å². The number of nitrogens with zero attached hydrogens (tertiary/aromatic N) is 2. The van der Waals surface area contributed by atoms with Crippen LogP contribution in [0.5, 0.6) is 11.6 Å². The van der Waals surface area contributed by atoms with Gasteiger partial charge in [-0.15, -0.1) is 9.19 Å². The molecule has 1 heterocycles. The Kier molecular flexibility index (Phi) is 6.69. The van der Waals surface area contributed by atoms with Gasteiger partial charge in [-0.1, -0.05) is 66.2 Å². The third-order valence-electron chi connectivity index (χ3n) is 5.82. The van der Waals surface area contributed by atoms with Gasteiger partial charge in [-0.2, -0.15) is 8.42 Å². The maximum atomic E-state index is 13.3. The molecule has 0 aliphatic rings. The smallest absolute Gasteiger partial charge is 0.283 e. The minimum atomic E-state index is -4.06. The van der Waals surface area contributed by atoms with Gasteiger partial charge in [0.1, 0.15) is 5.75 Å². The fourth-order valence-corrected chi connectivity index (χ4v) is 5.27. The molecule has 0 unspecified atom stereocenters. The van der Waals surface area contributed by atoms with Crippen LogP contribution in [0.2, 0.25) is 5.02 Å². The summed E-state index contributed by atoms with van der Waals surface area (Å²) in [6.45, 7) is -0.324. The third-order valence-corrected chi connectivity index (χ3v) is 7.67. The van der Waals surface area contributed by atoms with E-state index in [1.807, 2.05) is 42.5 Å². The van der Waals surface area contributed by atoms with E-state index in [0.717, 1.165) is 15.2 Å². The Morgan fingerprint density at radius 1 is 0.892 bits per heavy atom. The van der Waals surface area contributed by atoms with E-state index in [1.54, 1.807) is 30.3 Å².